The minimum atomic E-state index is 0.616. The van der Waals surface area contributed by atoms with Crippen LogP contribution in [0.15, 0.2) is 54.9 Å². The summed E-state index contributed by atoms with van der Waals surface area (Å²) in [5.74, 6) is 0.908. The number of nitrogens with zero attached hydrogens (tertiary/aromatic N) is 1. The molecule has 1 heterocycles. The predicted molar refractivity (Wildman–Crippen MR) is 58.4 cm³/mol. The molecule has 0 atom stereocenters. The molecule has 0 fully saturated rings. The van der Waals surface area contributed by atoms with Crippen molar-refractivity contribution in [1.29, 1.82) is 0 Å². The fraction of sp³-hybridized carbons (Fsp3) is 0.154. The number of hydrogen-bond acceptors (Lipinski definition) is 1. The maximum atomic E-state index is 5.62. The molecule has 0 aliphatic carbocycles. The molecule has 0 saturated heterocycles. The molecule has 2 rings (SSSR count). The molecular weight excluding hydrogens is 186 g/mol. The van der Waals surface area contributed by atoms with Gasteiger partial charge in [0.15, 0.2) is 12.4 Å². The number of ether oxygens (including phenoxy) is 1. The molecule has 0 bridgehead atoms. The number of hydrogen-bond donors (Lipinski definition) is 0. The van der Waals surface area contributed by atoms with Gasteiger partial charge in [0, 0.05) is 17.7 Å². The number of para-hydroxylation sites is 1. The Morgan fingerprint density at radius 3 is 2.33 bits per heavy atom. The Balaban J connectivity index is 1.96. The standard InChI is InChI=1S/C13H14NO/c1-14-9-7-12(8-10-14)11-15-13-5-3-2-4-6-13/h2-10H,11H2,1H3/q+1. The van der Waals surface area contributed by atoms with Gasteiger partial charge in [0.25, 0.3) is 0 Å². The third-order valence-electron chi connectivity index (χ3n) is 2.20. The average Bonchev–Trinajstić information content (AvgIpc) is 2.30. The van der Waals surface area contributed by atoms with E-state index in [0.29, 0.717) is 6.61 Å². The van der Waals surface area contributed by atoms with Crippen LogP contribution in [0, 0.1) is 0 Å². The highest BCUT2D eigenvalue weighted by atomic mass is 16.5. The van der Waals surface area contributed by atoms with Gasteiger partial charge < -0.3 is 4.74 Å². The van der Waals surface area contributed by atoms with Crippen LogP contribution in [0.1, 0.15) is 5.56 Å². The summed E-state index contributed by atoms with van der Waals surface area (Å²) >= 11 is 0. The van der Waals surface area contributed by atoms with E-state index in [1.54, 1.807) is 0 Å². The first kappa shape index (κ1) is 9.71. The van der Waals surface area contributed by atoms with Gasteiger partial charge in [-0.25, -0.2) is 4.57 Å². The van der Waals surface area contributed by atoms with Crippen LogP contribution < -0.4 is 9.30 Å². The van der Waals surface area contributed by atoms with Crippen LogP contribution in [-0.2, 0) is 13.7 Å². The summed E-state index contributed by atoms with van der Waals surface area (Å²) in [6, 6.07) is 14.0. The van der Waals surface area contributed by atoms with Crippen molar-refractivity contribution in [3.05, 3.63) is 60.4 Å². The molecule has 0 N–H and O–H groups in total. The molecule has 0 aliphatic rings. The number of pyridine rings is 1. The van der Waals surface area contributed by atoms with Crippen molar-refractivity contribution in [2.75, 3.05) is 0 Å². The maximum absolute atomic E-state index is 5.62. The van der Waals surface area contributed by atoms with Crippen LogP contribution in [0.5, 0.6) is 5.75 Å². The molecule has 1 aromatic heterocycles. The molecule has 2 heteroatoms. The minimum Gasteiger partial charge on any atom is -0.489 e. The van der Waals surface area contributed by atoms with Crippen LogP contribution in [0.2, 0.25) is 0 Å². The molecular formula is C13H14NO+. The second kappa shape index (κ2) is 4.60. The summed E-state index contributed by atoms with van der Waals surface area (Å²) in [6.07, 6.45) is 4.04. The largest absolute Gasteiger partial charge is 0.489 e. The predicted octanol–water partition coefficient (Wildman–Crippen LogP) is 2.09. The van der Waals surface area contributed by atoms with Gasteiger partial charge >= 0.3 is 0 Å². The zero-order chi connectivity index (χ0) is 10.5. The fourth-order valence-electron chi connectivity index (χ4n) is 1.31. The van der Waals surface area contributed by atoms with Crippen molar-refractivity contribution in [2.45, 2.75) is 6.61 Å². The Morgan fingerprint density at radius 2 is 1.67 bits per heavy atom. The van der Waals surface area contributed by atoms with Crippen LogP contribution in [0.25, 0.3) is 0 Å². The zero-order valence-electron chi connectivity index (χ0n) is 8.76. The number of benzene rings is 1. The van der Waals surface area contributed by atoms with Crippen molar-refractivity contribution in [1.82, 2.24) is 0 Å². The van der Waals surface area contributed by atoms with Crippen LogP contribution in [0.3, 0.4) is 0 Å². The maximum Gasteiger partial charge on any atom is 0.168 e. The molecule has 0 unspecified atom stereocenters. The summed E-state index contributed by atoms with van der Waals surface area (Å²) in [5.41, 5.74) is 1.18. The Kier molecular flexibility index (Phi) is 2.98. The van der Waals surface area contributed by atoms with Gasteiger partial charge in [-0.2, -0.15) is 0 Å². The lowest BCUT2D eigenvalue weighted by molar-refractivity contribution is -0.671. The van der Waals surface area contributed by atoms with E-state index in [0.717, 1.165) is 5.75 Å². The van der Waals surface area contributed by atoms with Gasteiger partial charge in [-0.05, 0) is 12.1 Å². The zero-order valence-corrected chi connectivity index (χ0v) is 8.76. The van der Waals surface area contributed by atoms with Crippen molar-refractivity contribution in [2.24, 2.45) is 7.05 Å². The number of aryl methyl sites for hydroxylation is 1. The third kappa shape index (κ3) is 2.81. The van der Waals surface area contributed by atoms with E-state index in [2.05, 4.69) is 12.1 Å². The summed E-state index contributed by atoms with van der Waals surface area (Å²) in [4.78, 5) is 0. The number of rotatable bonds is 3. The molecule has 0 radical (unpaired) electrons. The van der Waals surface area contributed by atoms with E-state index in [1.165, 1.54) is 5.56 Å². The summed E-state index contributed by atoms with van der Waals surface area (Å²) < 4.78 is 7.63. The Morgan fingerprint density at radius 1 is 1.00 bits per heavy atom. The third-order valence-corrected chi connectivity index (χ3v) is 2.20. The lowest BCUT2D eigenvalue weighted by atomic mass is 10.3. The molecule has 0 spiro atoms. The van der Waals surface area contributed by atoms with E-state index in [9.17, 15) is 0 Å². The van der Waals surface area contributed by atoms with Crippen molar-refractivity contribution >= 4 is 0 Å². The highest BCUT2D eigenvalue weighted by molar-refractivity contribution is 5.21. The molecule has 2 aromatic rings. The van der Waals surface area contributed by atoms with Crippen molar-refractivity contribution in [3.63, 3.8) is 0 Å². The Bertz CT molecular complexity index is 408. The second-order valence-electron chi connectivity index (χ2n) is 3.47. The molecule has 0 amide bonds. The Labute approximate surface area is 89.8 Å². The number of aromatic nitrogens is 1. The first-order valence-corrected chi connectivity index (χ1v) is 4.96. The van der Waals surface area contributed by atoms with Crippen LogP contribution in [0.4, 0.5) is 0 Å². The lowest BCUT2D eigenvalue weighted by Crippen LogP contribution is -2.26. The second-order valence-corrected chi connectivity index (χ2v) is 3.47. The van der Waals surface area contributed by atoms with Gasteiger partial charge in [0.2, 0.25) is 0 Å². The highest BCUT2D eigenvalue weighted by Gasteiger charge is 1.97. The minimum absolute atomic E-state index is 0.616. The quantitative estimate of drug-likeness (QED) is 0.691. The first-order valence-electron chi connectivity index (χ1n) is 4.96. The highest BCUT2D eigenvalue weighted by Crippen LogP contribution is 2.10. The molecule has 0 saturated carbocycles. The smallest absolute Gasteiger partial charge is 0.168 e. The Hall–Kier alpha value is -1.83. The van der Waals surface area contributed by atoms with Gasteiger partial charge in [0.05, 0.1) is 0 Å². The van der Waals surface area contributed by atoms with E-state index in [4.69, 9.17) is 4.74 Å². The summed E-state index contributed by atoms with van der Waals surface area (Å²) in [7, 11) is 2.00. The lowest BCUT2D eigenvalue weighted by Gasteiger charge is -2.04. The monoisotopic (exact) mass is 200 g/mol. The van der Waals surface area contributed by atoms with Gasteiger partial charge in [0.1, 0.15) is 19.4 Å². The summed E-state index contributed by atoms with van der Waals surface area (Å²) in [5, 5.41) is 0. The average molecular weight is 200 g/mol. The van der Waals surface area contributed by atoms with Crippen molar-refractivity contribution in [3.8, 4) is 5.75 Å². The normalized spacial score (nSPS) is 9.93. The van der Waals surface area contributed by atoms with Gasteiger partial charge in [-0.1, -0.05) is 18.2 Å². The van der Waals surface area contributed by atoms with E-state index >= 15 is 0 Å². The van der Waals surface area contributed by atoms with E-state index < -0.39 is 0 Å². The van der Waals surface area contributed by atoms with E-state index in [-0.39, 0.29) is 0 Å². The molecule has 2 nitrogen and oxygen atoms in total. The van der Waals surface area contributed by atoms with Crippen molar-refractivity contribution < 1.29 is 9.30 Å². The van der Waals surface area contributed by atoms with Gasteiger partial charge in [-0.15, -0.1) is 0 Å². The molecule has 76 valence electrons. The van der Waals surface area contributed by atoms with Crippen LogP contribution >= 0.6 is 0 Å². The molecule has 1 aromatic carbocycles. The van der Waals surface area contributed by atoms with E-state index in [1.807, 2.05) is 54.3 Å². The van der Waals surface area contributed by atoms with Crippen LogP contribution in [-0.4, -0.2) is 0 Å². The first-order chi connectivity index (χ1) is 7.34. The topological polar surface area (TPSA) is 13.1 Å². The molecule has 0 aliphatic heterocycles. The molecule has 15 heavy (non-hydrogen) atoms. The van der Waals surface area contributed by atoms with Gasteiger partial charge in [-0.3, -0.25) is 0 Å². The fourth-order valence-corrected chi connectivity index (χ4v) is 1.31. The SMILES string of the molecule is C[n+]1ccc(COc2ccccc2)cc1. The summed E-state index contributed by atoms with van der Waals surface area (Å²) in [6.45, 7) is 0.616.